The molecule has 0 unspecified atom stereocenters. The predicted octanol–water partition coefficient (Wildman–Crippen LogP) is -4.89. The summed E-state index contributed by atoms with van der Waals surface area (Å²) in [4.78, 5) is 46.5. The van der Waals surface area contributed by atoms with Gasteiger partial charge in [-0.2, -0.15) is 0 Å². The van der Waals surface area contributed by atoms with Gasteiger partial charge in [-0.05, 0) is 0 Å². The van der Waals surface area contributed by atoms with E-state index in [0.29, 0.717) is 0 Å². The summed E-state index contributed by atoms with van der Waals surface area (Å²) in [5.41, 5.74) is 0. The van der Waals surface area contributed by atoms with Gasteiger partial charge in [0.15, 0.2) is 6.29 Å². The highest BCUT2D eigenvalue weighted by atomic mass is 31.2. The number of aliphatic hydroxyl groups is 4. The highest BCUT2D eigenvalue weighted by molar-refractivity contribution is 7.43. The smallest absolute Gasteiger partial charge is 0.151 e. The van der Waals surface area contributed by atoms with Crippen LogP contribution in [-0.2, 0) is 18.7 Å². The molecule has 20 heteroatoms. The van der Waals surface area contributed by atoms with Crippen LogP contribution in [0.3, 0.4) is 0 Å². The second kappa shape index (κ2) is 24.1. The number of nitrogens with zero attached hydrogens (tertiary/aromatic N) is 1. The molecule has 0 heterocycles. The first-order chi connectivity index (χ1) is 10.3. The summed E-state index contributed by atoms with van der Waals surface area (Å²) in [7, 11) is -5.30. The Morgan fingerprint density at radius 1 is 0.963 bits per heavy atom. The maximum atomic E-state index is 10.0. The Hall–Kier alpha value is -1.87. The number of aliphatic hydroxyl groups excluding tert-OH is 4. The number of carboxylic acid groups (broad SMARTS) is 1. The quantitative estimate of drug-likeness (QED) is 0.0800. The highest BCUT2D eigenvalue weighted by Gasteiger charge is 2.30. The lowest BCUT2D eigenvalue weighted by Gasteiger charge is -2.31. The summed E-state index contributed by atoms with van der Waals surface area (Å²) in [6.07, 6.45) is -8.04. The fourth-order valence-electron chi connectivity index (χ4n) is 0.776. The molecule has 0 radical (unpaired) electrons. The van der Waals surface area contributed by atoms with Gasteiger partial charge in [-0.3, -0.25) is 0 Å². The van der Waals surface area contributed by atoms with E-state index in [4.69, 9.17) is 45.6 Å². The molecule has 0 fully saturated rings. The number of aldehydes is 1. The maximum Gasteiger partial charge on any atom is 0.151 e. The SMILES string of the molecule is O=C[C@H](O)[C@@H](O)[C@H](O)[C@H](O)COP(=O)([O-])[O-].O=C[O-].O=[N+]([O-])[O-].[NH4+].[NH4+].[NH4+].[NH4+]. The second-order valence-electron chi connectivity index (χ2n) is 3.24. The Balaban J connectivity index is -0.0000000631. The van der Waals surface area contributed by atoms with Crippen molar-refractivity contribution in [3.8, 4) is 0 Å². The van der Waals surface area contributed by atoms with E-state index in [1.165, 1.54) is 0 Å². The Morgan fingerprint density at radius 2 is 1.26 bits per heavy atom. The molecule has 20 N–H and O–H groups in total. The Labute approximate surface area is 151 Å². The van der Waals surface area contributed by atoms with E-state index in [1.807, 2.05) is 0 Å². The van der Waals surface area contributed by atoms with E-state index in [2.05, 4.69) is 4.52 Å². The minimum atomic E-state index is -5.30. The molecule has 0 aromatic carbocycles. The number of carbonyl (C=O) groups is 2. The first-order valence-corrected chi connectivity index (χ1v) is 6.51. The van der Waals surface area contributed by atoms with Crippen LogP contribution < -0.4 is 39.5 Å². The third kappa shape index (κ3) is 36.0. The van der Waals surface area contributed by atoms with Crippen molar-refractivity contribution >= 4 is 20.6 Å². The van der Waals surface area contributed by atoms with Gasteiger partial charge in [0.05, 0.1) is 19.5 Å². The second-order valence-corrected chi connectivity index (χ2v) is 4.39. The van der Waals surface area contributed by atoms with Crippen LogP contribution in [0.5, 0.6) is 0 Å². The molecule has 170 valence electrons. The molecule has 0 amide bonds. The molecule has 0 spiro atoms. The largest absolute Gasteiger partial charge is 0.790 e. The number of hydrogen-bond acceptors (Lipinski definition) is 14. The van der Waals surface area contributed by atoms with Gasteiger partial charge < -0.3 is 93.9 Å². The molecule has 19 nitrogen and oxygen atoms in total. The van der Waals surface area contributed by atoms with Crippen LogP contribution in [0.2, 0.25) is 0 Å². The van der Waals surface area contributed by atoms with Crippen LogP contribution >= 0.6 is 7.82 Å². The lowest BCUT2D eigenvalue weighted by atomic mass is 10.0. The Kier molecular flexibility index (Phi) is 39.8. The van der Waals surface area contributed by atoms with Crippen LogP contribution in [0.4, 0.5) is 0 Å². The van der Waals surface area contributed by atoms with Crippen molar-refractivity contribution in [2.75, 3.05) is 6.61 Å². The van der Waals surface area contributed by atoms with Crippen molar-refractivity contribution in [1.82, 2.24) is 24.6 Å². The molecular formula is C7H28N5O14P. The maximum absolute atomic E-state index is 10.0. The van der Waals surface area contributed by atoms with E-state index in [0.717, 1.165) is 0 Å². The molecule has 4 atom stereocenters. The zero-order valence-corrected chi connectivity index (χ0v) is 15.8. The van der Waals surface area contributed by atoms with Crippen LogP contribution in [0, 0.1) is 15.3 Å². The first kappa shape index (κ1) is 44.5. The van der Waals surface area contributed by atoms with Crippen molar-refractivity contribution in [3.63, 3.8) is 0 Å². The van der Waals surface area contributed by atoms with Crippen LogP contribution in [0.25, 0.3) is 0 Å². The van der Waals surface area contributed by atoms with E-state index in [9.17, 15) is 19.1 Å². The molecule has 0 aromatic heterocycles. The number of phosphoric ester groups is 1. The number of hydrogen-bond donors (Lipinski definition) is 8. The number of phosphoric acid groups is 1. The molecule has 0 aliphatic heterocycles. The summed E-state index contributed by atoms with van der Waals surface area (Å²) in [6.45, 7) is -1.59. The lowest BCUT2D eigenvalue weighted by molar-refractivity contribution is -0.402. The van der Waals surface area contributed by atoms with Crippen molar-refractivity contribution in [2.45, 2.75) is 24.4 Å². The van der Waals surface area contributed by atoms with Gasteiger partial charge in [0.25, 0.3) is 0 Å². The Bertz CT molecular complexity index is 392. The lowest BCUT2D eigenvalue weighted by Crippen LogP contribution is -2.46. The van der Waals surface area contributed by atoms with Gasteiger partial charge in [0.2, 0.25) is 0 Å². The van der Waals surface area contributed by atoms with Crippen molar-refractivity contribution in [3.05, 3.63) is 15.3 Å². The molecule has 0 aliphatic rings. The summed E-state index contributed by atoms with van der Waals surface area (Å²) >= 11 is 0. The zero-order chi connectivity index (χ0) is 19.2. The monoisotopic (exact) mass is 437 g/mol. The molecule has 0 aliphatic carbocycles. The first-order valence-electron chi connectivity index (χ1n) is 5.05. The van der Waals surface area contributed by atoms with Gasteiger partial charge >= 0.3 is 0 Å². The topological polar surface area (TPSA) is 423 Å². The normalized spacial score (nSPS) is 13.1. The summed E-state index contributed by atoms with van der Waals surface area (Å²) < 4.78 is 13.6. The highest BCUT2D eigenvalue weighted by Crippen LogP contribution is 2.25. The number of carbonyl (C=O) groups excluding carboxylic acids is 2. The van der Waals surface area contributed by atoms with Gasteiger partial charge in [0, 0.05) is 6.47 Å². The third-order valence-electron chi connectivity index (χ3n) is 1.64. The average Bonchev–Trinajstić information content (AvgIpc) is 2.41. The number of rotatable bonds is 7. The van der Waals surface area contributed by atoms with E-state index in [-0.39, 0.29) is 30.9 Å². The molecule has 27 heavy (non-hydrogen) atoms. The molecule has 0 aromatic rings. The standard InChI is InChI=1S/C6H13O9P.CH2O2.NO3.4H3N/c7-1-3(8)5(10)6(11)4(9)2-15-16(12,13)14;2-1-3;2-1(3)4;;;;/h1,3-6,8-11H,2H2,(H2,12,13,14);1H,(H,2,3);;4*1H3/q;;-1;;;;/p+1/t3-,4+,5+,6+;;;;;;/m0....../s1. The zero-order valence-electron chi connectivity index (χ0n) is 14.9. The molecular weight excluding hydrogens is 409 g/mol. The van der Waals surface area contributed by atoms with Crippen molar-refractivity contribution in [2.24, 2.45) is 0 Å². The molecule has 0 saturated carbocycles. The minimum Gasteiger partial charge on any atom is -0.790 e. The van der Waals surface area contributed by atoms with Crippen LogP contribution in [0.1, 0.15) is 0 Å². The van der Waals surface area contributed by atoms with Crippen molar-refractivity contribution in [1.29, 1.82) is 0 Å². The van der Waals surface area contributed by atoms with Gasteiger partial charge in [0.1, 0.15) is 24.4 Å². The fraction of sp³-hybridized carbons (Fsp3) is 0.714. The van der Waals surface area contributed by atoms with Crippen LogP contribution in [-0.4, -0.2) is 69.3 Å². The summed E-state index contributed by atoms with van der Waals surface area (Å²) in [5.74, 6) is 0. The molecule has 0 rings (SSSR count). The summed E-state index contributed by atoms with van der Waals surface area (Å²) in [5, 5.41) is 58.9. The van der Waals surface area contributed by atoms with Crippen LogP contribution in [0.15, 0.2) is 0 Å². The van der Waals surface area contributed by atoms with Gasteiger partial charge in [-0.15, -0.1) is 0 Å². The fourth-order valence-corrected chi connectivity index (χ4v) is 1.11. The van der Waals surface area contributed by atoms with Gasteiger partial charge in [-0.1, -0.05) is 0 Å². The molecule has 0 bridgehead atoms. The van der Waals surface area contributed by atoms with Crippen molar-refractivity contribution < 1.29 is 59.1 Å². The van der Waals surface area contributed by atoms with Gasteiger partial charge in [-0.25, -0.2) is 0 Å². The van der Waals surface area contributed by atoms with E-state index in [1.54, 1.807) is 0 Å². The van der Waals surface area contributed by atoms with E-state index >= 15 is 0 Å². The Morgan fingerprint density at radius 3 is 1.48 bits per heavy atom. The molecule has 0 saturated heterocycles. The number of quaternary nitrogens is 4. The van der Waals surface area contributed by atoms with E-state index < -0.39 is 50.4 Å². The summed E-state index contributed by atoms with van der Waals surface area (Å²) in [6, 6.07) is 0. The average molecular weight is 437 g/mol. The minimum absolute atomic E-state index is 0. The predicted molar refractivity (Wildman–Crippen MR) is 84.0 cm³/mol. The third-order valence-corrected chi connectivity index (χ3v) is 2.10.